The molecule has 0 saturated heterocycles. The first-order valence-electron chi connectivity index (χ1n) is 5.05. The van der Waals surface area contributed by atoms with E-state index in [0.29, 0.717) is 18.1 Å². The van der Waals surface area contributed by atoms with Gasteiger partial charge in [0, 0.05) is 17.8 Å². The summed E-state index contributed by atoms with van der Waals surface area (Å²) in [5.41, 5.74) is 0.716. The Kier molecular flexibility index (Phi) is 3.04. The third-order valence-electron chi connectivity index (χ3n) is 2.17. The van der Waals surface area contributed by atoms with Crippen LogP contribution in [0.5, 0.6) is 0 Å². The molecule has 0 aliphatic rings. The quantitative estimate of drug-likeness (QED) is 0.648. The van der Waals surface area contributed by atoms with Gasteiger partial charge in [-0.1, -0.05) is 6.07 Å². The van der Waals surface area contributed by atoms with E-state index in [1.165, 1.54) is 12.1 Å². The first-order chi connectivity index (χ1) is 8.15. The standard InChI is InChI=1S/C11H11N3O3/c1-8-6-13-11(17-8)7-12-9-3-2-4-10(5-9)14(15)16/h2-6,12H,7H2,1H3. The maximum absolute atomic E-state index is 10.6. The number of oxazole rings is 1. The van der Waals surface area contributed by atoms with Gasteiger partial charge in [-0.25, -0.2) is 4.98 Å². The van der Waals surface area contributed by atoms with Crippen molar-refractivity contribution in [3.05, 3.63) is 52.2 Å². The van der Waals surface area contributed by atoms with E-state index < -0.39 is 4.92 Å². The molecule has 1 N–H and O–H groups in total. The van der Waals surface area contributed by atoms with Crippen LogP contribution in [-0.4, -0.2) is 9.91 Å². The SMILES string of the molecule is Cc1cnc(CNc2cccc([N+](=O)[O-])c2)o1. The molecule has 1 heterocycles. The van der Waals surface area contributed by atoms with Gasteiger partial charge in [0.25, 0.3) is 5.69 Å². The number of hydrogen-bond acceptors (Lipinski definition) is 5. The number of hydrogen-bond donors (Lipinski definition) is 1. The topological polar surface area (TPSA) is 81.2 Å². The third kappa shape index (κ3) is 2.81. The molecule has 0 radical (unpaired) electrons. The van der Waals surface area contributed by atoms with Gasteiger partial charge in [-0.3, -0.25) is 10.1 Å². The maximum atomic E-state index is 10.6. The van der Waals surface area contributed by atoms with E-state index in [-0.39, 0.29) is 5.69 Å². The summed E-state index contributed by atoms with van der Waals surface area (Å²) >= 11 is 0. The van der Waals surface area contributed by atoms with Crippen LogP contribution in [-0.2, 0) is 6.54 Å². The number of nitrogens with one attached hydrogen (secondary N) is 1. The summed E-state index contributed by atoms with van der Waals surface area (Å²) in [4.78, 5) is 14.2. The highest BCUT2D eigenvalue weighted by Gasteiger charge is 2.06. The highest BCUT2D eigenvalue weighted by molar-refractivity contribution is 5.50. The average Bonchev–Trinajstić information content (AvgIpc) is 2.73. The van der Waals surface area contributed by atoms with Crippen molar-refractivity contribution in [3.63, 3.8) is 0 Å². The van der Waals surface area contributed by atoms with Crippen LogP contribution in [0.25, 0.3) is 0 Å². The third-order valence-corrected chi connectivity index (χ3v) is 2.17. The van der Waals surface area contributed by atoms with E-state index in [1.54, 1.807) is 18.3 Å². The Morgan fingerprint density at radius 2 is 2.35 bits per heavy atom. The van der Waals surface area contributed by atoms with Crippen LogP contribution in [0.4, 0.5) is 11.4 Å². The van der Waals surface area contributed by atoms with E-state index in [2.05, 4.69) is 10.3 Å². The first-order valence-corrected chi connectivity index (χ1v) is 5.05. The molecule has 0 unspecified atom stereocenters. The number of aryl methyl sites for hydroxylation is 1. The lowest BCUT2D eigenvalue weighted by Gasteiger charge is -2.02. The lowest BCUT2D eigenvalue weighted by Crippen LogP contribution is -2.00. The van der Waals surface area contributed by atoms with Crippen molar-refractivity contribution >= 4 is 11.4 Å². The Labute approximate surface area is 97.4 Å². The van der Waals surface area contributed by atoms with Crippen molar-refractivity contribution in [2.75, 3.05) is 5.32 Å². The minimum absolute atomic E-state index is 0.0542. The normalized spacial score (nSPS) is 10.2. The zero-order chi connectivity index (χ0) is 12.3. The molecule has 0 spiro atoms. The van der Waals surface area contributed by atoms with Crippen molar-refractivity contribution in [3.8, 4) is 0 Å². The Morgan fingerprint density at radius 3 is 3.00 bits per heavy atom. The van der Waals surface area contributed by atoms with E-state index in [9.17, 15) is 10.1 Å². The molecule has 2 rings (SSSR count). The largest absolute Gasteiger partial charge is 0.444 e. The molecule has 0 aliphatic heterocycles. The number of non-ortho nitro benzene ring substituents is 1. The highest BCUT2D eigenvalue weighted by atomic mass is 16.6. The van der Waals surface area contributed by atoms with Crippen molar-refractivity contribution in [1.82, 2.24) is 4.98 Å². The number of rotatable bonds is 4. The highest BCUT2D eigenvalue weighted by Crippen LogP contribution is 2.17. The van der Waals surface area contributed by atoms with Crippen molar-refractivity contribution in [1.29, 1.82) is 0 Å². The number of nitro groups is 1. The van der Waals surface area contributed by atoms with E-state index in [1.807, 2.05) is 6.92 Å². The van der Waals surface area contributed by atoms with Crippen LogP contribution in [0.2, 0.25) is 0 Å². The second-order valence-electron chi connectivity index (χ2n) is 3.53. The summed E-state index contributed by atoms with van der Waals surface area (Å²) in [5.74, 6) is 1.29. The maximum Gasteiger partial charge on any atom is 0.271 e. The molecule has 2 aromatic rings. The van der Waals surface area contributed by atoms with Crippen molar-refractivity contribution in [2.45, 2.75) is 13.5 Å². The van der Waals surface area contributed by atoms with Crippen LogP contribution in [0.15, 0.2) is 34.9 Å². The van der Waals surface area contributed by atoms with Gasteiger partial charge in [0.2, 0.25) is 5.89 Å². The summed E-state index contributed by atoms with van der Waals surface area (Å²) < 4.78 is 5.28. The molecule has 0 amide bonds. The van der Waals surface area contributed by atoms with Gasteiger partial charge in [0.1, 0.15) is 5.76 Å². The Morgan fingerprint density at radius 1 is 1.53 bits per heavy atom. The van der Waals surface area contributed by atoms with E-state index >= 15 is 0 Å². The molecule has 0 fully saturated rings. The molecule has 0 atom stereocenters. The molecule has 6 heteroatoms. The van der Waals surface area contributed by atoms with Gasteiger partial charge in [-0.15, -0.1) is 0 Å². The summed E-state index contributed by atoms with van der Waals surface area (Å²) in [6.45, 7) is 2.21. The monoisotopic (exact) mass is 233 g/mol. The zero-order valence-electron chi connectivity index (χ0n) is 9.21. The molecular weight excluding hydrogens is 222 g/mol. The number of nitro benzene ring substituents is 1. The number of benzene rings is 1. The van der Waals surface area contributed by atoms with Gasteiger partial charge in [-0.2, -0.15) is 0 Å². The smallest absolute Gasteiger partial charge is 0.271 e. The molecule has 1 aromatic heterocycles. The molecule has 88 valence electrons. The predicted octanol–water partition coefficient (Wildman–Crippen LogP) is 2.50. The fourth-order valence-corrected chi connectivity index (χ4v) is 1.39. The lowest BCUT2D eigenvalue weighted by atomic mass is 10.3. The molecule has 1 aromatic carbocycles. The summed E-state index contributed by atoms with van der Waals surface area (Å²) in [6.07, 6.45) is 1.63. The summed E-state index contributed by atoms with van der Waals surface area (Å²) in [7, 11) is 0. The lowest BCUT2D eigenvalue weighted by molar-refractivity contribution is -0.384. The van der Waals surface area contributed by atoms with Crippen LogP contribution < -0.4 is 5.32 Å². The molecule has 6 nitrogen and oxygen atoms in total. The second-order valence-corrected chi connectivity index (χ2v) is 3.53. The molecule has 0 bridgehead atoms. The number of aromatic nitrogens is 1. The Bertz CT molecular complexity index is 536. The zero-order valence-corrected chi connectivity index (χ0v) is 9.21. The van der Waals surface area contributed by atoms with Crippen LogP contribution in [0, 0.1) is 17.0 Å². The first kappa shape index (κ1) is 11.1. The fourth-order valence-electron chi connectivity index (χ4n) is 1.39. The van der Waals surface area contributed by atoms with Gasteiger partial charge >= 0.3 is 0 Å². The summed E-state index contributed by atoms with van der Waals surface area (Å²) in [5, 5.41) is 13.6. The number of anilines is 1. The van der Waals surface area contributed by atoms with Gasteiger partial charge in [-0.05, 0) is 13.0 Å². The molecule has 0 saturated carbocycles. The Balaban J connectivity index is 2.04. The molecule has 17 heavy (non-hydrogen) atoms. The van der Waals surface area contributed by atoms with Crippen LogP contribution in [0.3, 0.4) is 0 Å². The summed E-state index contributed by atoms with van der Waals surface area (Å²) in [6, 6.07) is 6.29. The predicted molar refractivity (Wildman–Crippen MR) is 61.7 cm³/mol. The van der Waals surface area contributed by atoms with Crippen LogP contribution in [0.1, 0.15) is 11.7 Å². The number of nitrogens with zero attached hydrogens (tertiary/aromatic N) is 2. The molecular formula is C11H11N3O3. The van der Waals surface area contributed by atoms with Gasteiger partial charge in [0.05, 0.1) is 17.7 Å². The second kappa shape index (κ2) is 4.65. The van der Waals surface area contributed by atoms with Crippen LogP contribution >= 0.6 is 0 Å². The van der Waals surface area contributed by atoms with Gasteiger partial charge < -0.3 is 9.73 Å². The van der Waals surface area contributed by atoms with Crippen molar-refractivity contribution < 1.29 is 9.34 Å². The van der Waals surface area contributed by atoms with E-state index in [4.69, 9.17) is 4.42 Å². The average molecular weight is 233 g/mol. The van der Waals surface area contributed by atoms with E-state index in [0.717, 1.165) is 5.76 Å². The van der Waals surface area contributed by atoms with Gasteiger partial charge in [0.15, 0.2) is 0 Å². The Hall–Kier alpha value is -2.37. The molecule has 0 aliphatic carbocycles. The fraction of sp³-hybridized carbons (Fsp3) is 0.182. The van der Waals surface area contributed by atoms with Crippen molar-refractivity contribution in [2.24, 2.45) is 0 Å². The minimum atomic E-state index is -0.430. The minimum Gasteiger partial charge on any atom is -0.444 e.